The molecule has 4 rings (SSSR count). The maximum atomic E-state index is 14.0. The van der Waals surface area contributed by atoms with Gasteiger partial charge in [0.15, 0.2) is 0 Å². The number of nitrogens with zero attached hydrogens (tertiary/aromatic N) is 2. The van der Waals surface area contributed by atoms with E-state index >= 15 is 0 Å². The van der Waals surface area contributed by atoms with Crippen molar-refractivity contribution >= 4 is 5.91 Å². The Labute approximate surface area is 204 Å². The largest absolute Gasteiger partial charge is 0.481 e. The Morgan fingerprint density at radius 3 is 2.22 bits per heavy atom. The lowest BCUT2D eigenvalue weighted by molar-refractivity contribution is -0.143. The number of nitrogens with one attached hydrogen (secondary N) is 1. The number of rotatable bonds is 8. The lowest BCUT2D eigenvalue weighted by Crippen LogP contribution is -2.45. The maximum absolute atomic E-state index is 14.0. The monoisotopic (exact) mass is 515 g/mol. The van der Waals surface area contributed by atoms with Crippen LogP contribution in [0.3, 0.4) is 0 Å². The first kappa shape index (κ1) is 26.2. The molecule has 2 aliphatic rings. The van der Waals surface area contributed by atoms with Gasteiger partial charge in [-0.2, -0.15) is 26.3 Å². The van der Waals surface area contributed by atoms with Crippen LogP contribution in [0.2, 0.25) is 0 Å². The molecule has 1 aromatic heterocycles. The quantitative estimate of drug-likeness (QED) is 0.476. The molecule has 1 N–H and O–H groups in total. The number of pyridine rings is 1. The summed E-state index contributed by atoms with van der Waals surface area (Å²) >= 11 is 0. The number of carbonyl (C=O) groups excluding carboxylic acids is 1. The van der Waals surface area contributed by atoms with Crippen molar-refractivity contribution in [1.29, 1.82) is 0 Å². The molecule has 2 heterocycles. The second-order valence-electron chi connectivity index (χ2n) is 9.64. The lowest BCUT2D eigenvalue weighted by Gasteiger charge is -2.34. The van der Waals surface area contributed by atoms with Crippen molar-refractivity contribution in [2.75, 3.05) is 20.2 Å². The van der Waals surface area contributed by atoms with E-state index < -0.39 is 35.4 Å². The van der Waals surface area contributed by atoms with Crippen LogP contribution in [0, 0.1) is 11.3 Å². The number of benzene rings is 1. The van der Waals surface area contributed by atoms with Gasteiger partial charge in [-0.3, -0.25) is 4.79 Å². The molecule has 1 atom stereocenters. The third kappa shape index (κ3) is 6.11. The van der Waals surface area contributed by atoms with E-state index in [0.717, 1.165) is 12.8 Å². The van der Waals surface area contributed by atoms with Crippen molar-refractivity contribution in [3.05, 3.63) is 58.8 Å². The maximum Gasteiger partial charge on any atom is 0.416 e. The highest BCUT2D eigenvalue weighted by atomic mass is 19.4. The molecule has 1 aromatic carbocycles. The van der Waals surface area contributed by atoms with Crippen molar-refractivity contribution < 1.29 is 35.9 Å². The third-order valence-electron chi connectivity index (χ3n) is 6.76. The summed E-state index contributed by atoms with van der Waals surface area (Å²) in [4.78, 5) is 19.3. The van der Waals surface area contributed by atoms with E-state index in [0.29, 0.717) is 49.5 Å². The zero-order chi connectivity index (χ0) is 26.1. The van der Waals surface area contributed by atoms with Crippen LogP contribution in [0.1, 0.15) is 47.9 Å². The minimum atomic E-state index is -4.97. The van der Waals surface area contributed by atoms with Gasteiger partial charge < -0.3 is 15.0 Å². The number of alkyl halides is 6. The fourth-order valence-corrected chi connectivity index (χ4v) is 4.81. The van der Waals surface area contributed by atoms with Crippen molar-refractivity contribution in [2.24, 2.45) is 11.3 Å². The highest BCUT2D eigenvalue weighted by molar-refractivity contribution is 5.83. The molecule has 1 saturated carbocycles. The summed E-state index contributed by atoms with van der Waals surface area (Å²) < 4.78 is 85.8. The van der Waals surface area contributed by atoms with Gasteiger partial charge in [0.1, 0.15) is 0 Å². The van der Waals surface area contributed by atoms with Gasteiger partial charge in [-0.1, -0.05) is 12.8 Å². The van der Waals surface area contributed by atoms with E-state index in [9.17, 15) is 31.1 Å². The van der Waals surface area contributed by atoms with Crippen LogP contribution in [-0.2, 0) is 30.2 Å². The molecule has 1 saturated heterocycles. The highest BCUT2D eigenvalue weighted by Crippen LogP contribution is 2.45. The van der Waals surface area contributed by atoms with Gasteiger partial charge in [0.2, 0.25) is 11.8 Å². The Morgan fingerprint density at radius 2 is 1.69 bits per heavy atom. The second-order valence-corrected chi connectivity index (χ2v) is 9.64. The molecule has 5 nitrogen and oxygen atoms in total. The molecule has 0 radical (unpaired) electrons. The zero-order valence-corrected chi connectivity index (χ0v) is 19.7. The van der Waals surface area contributed by atoms with E-state index in [1.54, 1.807) is 12.1 Å². The van der Waals surface area contributed by atoms with Gasteiger partial charge in [0, 0.05) is 31.9 Å². The average Bonchev–Trinajstić information content (AvgIpc) is 3.50. The number of hydrogen-bond acceptors (Lipinski definition) is 4. The summed E-state index contributed by atoms with van der Waals surface area (Å²) in [5.74, 6) is 0.414. The number of carbonyl (C=O) groups is 1. The number of methoxy groups -OCH3 is 1. The molecule has 1 amide bonds. The number of aromatic nitrogens is 1. The first-order valence-corrected chi connectivity index (χ1v) is 11.7. The fraction of sp³-hybridized carbons (Fsp3) is 0.520. The van der Waals surface area contributed by atoms with Crippen molar-refractivity contribution in [3.8, 4) is 5.88 Å². The molecule has 11 heteroatoms. The molecule has 2 fully saturated rings. The average molecular weight is 515 g/mol. The fourth-order valence-electron chi connectivity index (χ4n) is 4.81. The summed E-state index contributed by atoms with van der Waals surface area (Å²) in [6, 6.07) is 4.69. The Bertz CT molecular complexity index is 1060. The zero-order valence-electron chi connectivity index (χ0n) is 19.7. The molecule has 1 aliphatic heterocycles. The van der Waals surface area contributed by atoms with Crippen LogP contribution in [0.25, 0.3) is 0 Å². The number of ether oxygens (including phenoxy) is 1. The highest BCUT2D eigenvalue weighted by Gasteiger charge is 2.47. The molecule has 0 spiro atoms. The predicted molar refractivity (Wildman–Crippen MR) is 119 cm³/mol. The second kappa shape index (κ2) is 9.91. The number of halogens is 6. The Kier molecular flexibility index (Phi) is 7.23. The Hall–Kier alpha value is -2.82. The van der Waals surface area contributed by atoms with Crippen molar-refractivity contribution in [3.63, 3.8) is 0 Å². The standard InChI is InChI=1S/C25H27F6N3O2/c1-36-21-10-17(4-6-33-21)13-34(22(35)23(5-7-32-15-23)12-16-2-3-16)14-18-8-19(24(26,27)28)11-20(9-18)25(29,30)31/h4,6,8-11,16,32H,2-3,5,7,12-15H2,1H3. The lowest BCUT2D eigenvalue weighted by atomic mass is 9.80. The minimum Gasteiger partial charge on any atom is -0.481 e. The summed E-state index contributed by atoms with van der Waals surface area (Å²) in [5, 5.41) is 3.21. The van der Waals surface area contributed by atoms with Gasteiger partial charge >= 0.3 is 12.4 Å². The van der Waals surface area contributed by atoms with Crippen LogP contribution in [0.15, 0.2) is 36.5 Å². The van der Waals surface area contributed by atoms with Gasteiger partial charge in [0.25, 0.3) is 0 Å². The van der Waals surface area contributed by atoms with Crippen LogP contribution >= 0.6 is 0 Å². The van der Waals surface area contributed by atoms with E-state index in [4.69, 9.17) is 4.74 Å². The van der Waals surface area contributed by atoms with E-state index in [2.05, 4.69) is 10.3 Å². The molecular formula is C25H27F6N3O2. The summed E-state index contributed by atoms with van der Waals surface area (Å²) in [6.07, 6.45) is -5.23. The topological polar surface area (TPSA) is 54.5 Å². The van der Waals surface area contributed by atoms with Crippen LogP contribution in [0.4, 0.5) is 26.3 Å². The van der Waals surface area contributed by atoms with E-state index in [1.807, 2.05) is 0 Å². The SMILES string of the molecule is COc1cc(CN(Cc2cc(C(F)(F)F)cc(C(F)(F)F)c2)C(=O)C2(CC3CC3)CCNC2)ccn1. The third-order valence-corrected chi connectivity index (χ3v) is 6.76. The summed E-state index contributed by atoms with van der Waals surface area (Å²) in [5.41, 5.74) is -3.18. The molecular weight excluding hydrogens is 488 g/mol. The van der Waals surface area contributed by atoms with Gasteiger partial charge in [-0.15, -0.1) is 0 Å². The van der Waals surface area contributed by atoms with Gasteiger partial charge in [-0.05, 0) is 60.7 Å². The molecule has 196 valence electrons. The summed E-state index contributed by atoms with van der Waals surface area (Å²) in [6.45, 7) is 0.636. The molecule has 0 bridgehead atoms. The number of amides is 1. The molecule has 1 unspecified atom stereocenters. The van der Waals surface area contributed by atoms with E-state index in [1.165, 1.54) is 18.2 Å². The summed E-state index contributed by atoms with van der Waals surface area (Å²) in [7, 11) is 1.42. The molecule has 36 heavy (non-hydrogen) atoms. The Morgan fingerprint density at radius 1 is 1.06 bits per heavy atom. The van der Waals surface area contributed by atoms with Crippen LogP contribution in [-0.4, -0.2) is 36.0 Å². The van der Waals surface area contributed by atoms with Crippen LogP contribution < -0.4 is 10.1 Å². The Balaban J connectivity index is 1.72. The van der Waals surface area contributed by atoms with Crippen molar-refractivity contribution in [1.82, 2.24) is 15.2 Å². The van der Waals surface area contributed by atoms with Gasteiger partial charge in [-0.25, -0.2) is 4.98 Å². The predicted octanol–water partition coefficient (Wildman–Crippen LogP) is 5.44. The smallest absolute Gasteiger partial charge is 0.416 e. The number of hydrogen-bond donors (Lipinski definition) is 1. The van der Waals surface area contributed by atoms with Crippen LogP contribution in [0.5, 0.6) is 5.88 Å². The van der Waals surface area contributed by atoms with Gasteiger partial charge in [0.05, 0.1) is 23.7 Å². The first-order valence-electron chi connectivity index (χ1n) is 11.7. The normalized spacial score (nSPS) is 20.4. The minimum absolute atomic E-state index is 0.0122. The molecule has 1 aliphatic carbocycles. The molecule has 2 aromatic rings. The first-order chi connectivity index (χ1) is 16.9. The van der Waals surface area contributed by atoms with E-state index in [-0.39, 0.29) is 30.0 Å². The van der Waals surface area contributed by atoms with Crippen molar-refractivity contribution in [2.45, 2.75) is 51.1 Å².